The van der Waals surface area contributed by atoms with Gasteiger partial charge in [-0.1, -0.05) is 35.9 Å². The lowest BCUT2D eigenvalue weighted by molar-refractivity contribution is -0.116. The van der Waals surface area contributed by atoms with Gasteiger partial charge in [-0.2, -0.15) is 0 Å². The molecule has 0 saturated carbocycles. The van der Waals surface area contributed by atoms with Gasteiger partial charge in [0.05, 0.1) is 5.69 Å². The van der Waals surface area contributed by atoms with E-state index >= 15 is 0 Å². The van der Waals surface area contributed by atoms with Crippen LogP contribution in [-0.4, -0.2) is 15.9 Å². The lowest BCUT2D eigenvalue weighted by Crippen LogP contribution is -2.20. The fraction of sp³-hybridized carbons (Fsp3) is 0.0500. The van der Waals surface area contributed by atoms with E-state index in [2.05, 4.69) is 15.3 Å². The molecule has 124 valence electrons. The van der Waals surface area contributed by atoms with Gasteiger partial charge in [-0.15, -0.1) is 0 Å². The zero-order valence-corrected chi connectivity index (χ0v) is 14.1. The molecule has 2 heterocycles. The molecule has 0 radical (unpaired) electrons. The number of nitrogens with one attached hydrogen (secondary N) is 1. The van der Waals surface area contributed by atoms with Crippen LogP contribution in [0.2, 0.25) is 5.02 Å². The van der Waals surface area contributed by atoms with Crippen LogP contribution in [0, 0.1) is 0 Å². The van der Waals surface area contributed by atoms with Gasteiger partial charge in [0.1, 0.15) is 0 Å². The lowest BCUT2D eigenvalue weighted by Gasteiger charge is -2.09. The highest BCUT2D eigenvalue weighted by Crippen LogP contribution is 2.20. The molecule has 3 aromatic rings. The van der Waals surface area contributed by atoms with Gasteiger partial charge >= 0.3 is 0 Å². The molecule has 5 heteroatoms. The van der Waals surface area contributed by atoms with E-state index in [1.807, 2.05) is 42.5 Å². The van der Waals surface area contributed by atoms with Crippen LogP contribution in [-0.2, 0) is 11.3 Å². The van der Waals surface area contributed by atoms with Gasteiger partial charge in [-0.25, -0.2) is 0 Å². The Morgan fingerprint density at radius 1 is 1.04 bits per heavy atom. The molecule has 0 atom stereocenters. The second-order valence-electron chi connectivity index (χ2n) is 5.32. The van der Waals surface area contributed by atoms with Crippen molar-refractivity contribution in [2.24, 2.45) is 0 Å². The van der Waals surface area contributed by atoms with E-state index < -0.39 is 0 Å². The van der Waals surface area contributed by atoms with Gasteiger partial charge < -0.3 is 5.32 Å². The van der Waals surface area contributed by atoms with Crippen molar-refractivity contribution in [3.63, 3.8) is 0 Å². The minimum Gasteiger partial charge on any atom is -0.348 e. The lowest BCUT2D eigenvalue weighted by atomic mass is 10.1. The van der Waals surface area contributed by atoms with Gasteiger partial charge in [0, 0.05) is 41.8 Å². The molecule has 0 aliphatic heterocycles. The van der Waals surface area contributed by atoms with E-state index in [1.54, 1.807) is 30.7 Å². The number of aromatic nitrogens is 2. The number of hydrogen-bond acceptors (Lipinski definition) is 3. The Kier molecular flexibility index (Phi) is 5.54. The van der Waals surface area contributed by atoms with Crippen molar-refractivity contribution in [2.45, 2.75) is 6.54 Å². The van der Waals surface area contributed by atoms with Gasteiger partial charge in [0.15, 0.2) is 0 Å². The largest absolute Gasteiger partial charge is 0.348 e. The number of hydrogen-bond donors (Lipinski definition) is 1. The maximum atomic E-state index is 12.1. The normalized spacial score (nSPS) is 10.8. The second-order valence-corrected chi connectivity index (χ2v) is 5.73. The second kappa shape index (κ2) is 8.22. The fourth-order valence-corrected chi connectivity index (χ4v) is 2.57. The topological polar surface area (TPSA) is 54.9 Å². The highest BCUT2D eigenvalue weighted by atomic mass is 35.5. The average molecular weight is 350 g/mol. The Labute approximate surface area is 151 Å². The molecular weight excluding hydrogens is 334 g/mol. The summed E-state index contributed by atoms with van der Waals surface area (Å²) in [7, 11) is 0. The van der Waals surface area contributed by atoms with Crippen molar-refractivity contribution in [3.05, 3.63) is 89.3 Å². The third-order valence-corrected chi connectivity index (χ3v) is 3.96. The summed E-state index contributed by atoms with van der Waals surface area (Å²) in [5, 5.41) is 3.48. The van der Waals surface area contributed by atoms with Gasteiger partial charge in [0.2, 0.25) is 5.91 Å². The smallest absolute Gasteiger partial charge is 0.244 e. The predicted octanol–water partition coefficient (Wildman–Crippen LogP) is 4.13. The number of amides is 1. The van der Waals surface area contributed by atoms with Crippen molar-refractivity contribution in [1.29, 1.82) is 0 Å². The van der Waals surface area contributed by atoms with Crippen molar-refractivity contribution in [1.82, 2.24) is 15.3 Å². The van der Waals surface area contributed by atoms with Gasteiger partial charge in [-0.05, 0) is 41.5 Å². The van der Waals surface area contributed by atoms with Crippen LogP contribution in [0.4, 0.5) is 0 Å². The quantitative estimate of drug-likeness (QED) is 0.705. The van der Waals surface area contributed by atoms with E-state index in [4.69, 9.17) is 11.6 Å². The number of halogens is 1. The van der Waals surface area contributed by atoms with Crippen LogP contribution >= 0.6 is 11.6 Å². The highest BCUT2D eigenvalue weighted by molar-refractivity contribution is 6.32. The summed E-state index contributed by atoms with van der Waals surface area (Å²) < 4.78 is 0. The summed E-state index contributed by atoms with van der Waals surface area (Å²) in [6, 6.07) is 15.0. The molecule has 2 aromatic heterocycles. The first-order chi connectivity index (χ1) is 12.2. The zero-order chi connectivity index (χ0) is 17.5. The molecule has 0 bridgehead atoms. The van der Waals surface area contributed by atoms with Crippen LogP contribution < -0.4 is 5.32 Å². The maximum absolute atomic E-state index is 12.1. The third-order valence-electron chi connectivity index (χ3n) is 3.62. The SMILES string of the molecule is O=C(/C=C/c1ccccc1Cl)NCc1cccnc1-c1ccncc1. The number of benzene rings is 1. The van der Waals surface area contributed by atoms with Crippen molar-refractivity contribution in [3.8, 4) is 11.3 Å². The number of nitrogens with zero attached hydrogens (tertiary/aromatic N) is 2. The van der Waals surface area contributed by atoms with Gasteiger partial charge in [0.25, 0.3) is 0 Å². The molecule has 0 unspecified atom stereocenters. The summed E-state index contributed by atoms with van der Waals surface area (Å²) in [4.78, 5) is 20.5. The summed E-state index contributed by atoms with van der Waals surface area (Å²) in [5.74, 6) is -0.190. The molecule has 25 heavy (non-hydrogen) atoms. The Hall–Kier alpha value is -2.98. The third kappa shape index (κ3) is 4.52. The Morgan fingerprint density at radius 3 is 2.64 bits per heavy atom. The van der Waals surface area contributed by atoms with Crippen LogP contribution in [0.3, 0.4) is 0 Å². The molecule has 1 amide bonds. The van der Waals surface area contributed by atoms with Crippen molar-refractivity contribution in [2.75, 3.05) is 0 Å². The first-order valence-corrected chi connectivity index (χ1v) is 8.16. The highest BCUT2D eigenvalue weighted by Gasteiger charge is 2.07. The number of carbonyl (C=O) groups excluding carboxylic acids is 1. The average Bonchev–Trinajstić information content (AvgIpc) is 2.66. The van der Waals surface area contributed by atoms with Gasteiger partial charge in [-0.3, -0.25) is 14.8 Å². The molecule has 1 aromatic carbocycles. The summed E-state index contributed by atoms with van der Waals surface area (Å²) in [5.41, 5.74) is 3.54. The number of rotatable bonds is 5. The zero-order valence-electron chi connectivity index (χ0n) is 13.4. The van der Waals surface area contributed by atoms with Crippen LogP contribution in [0.15, 0.2) is 73.2 Å². The van der Waals surface area contributed by atoms with Crippen molar-refractivity contribution < 1.29 is 4.79 Å². The molecule has 0 spiro atoms. The predicted molar refractivity (Wildman–Crippen MR) is 99.8 cm³/mol. The molecule has 0 aliphatic carbocycles. The summed E-state index contributed by atoms with van der Waals surface area (Å²) >= 11 is 6.07. The minimum absolute atomic E-state index is 0.190. The molecule has 0 saturated heterocycles. The molecule has 4 nitrogen and oxygen atoms in total. The minimum atomic E-state index is -0.190. The first-order valence-electron chi connectivity index (χ1n) is 7.79. The maximum Gasteiger partial charge on any atom is 0.244 e. The molecular formula is C20H16ClN3O. The van der Waals surface area contributed by atoms with E-state index in [0.717, 1.165) is 22.4 Å². The summed E-state index contributed by atoms with van der Waals surface area (Å²) in [6.07, 6.45) is 8.35. The number of pyridine rings is 2. The van der Waals surface area contributed by atoms with Crippen LogP contribution in [0.1, 0.15) is 11.1 Å². The Balaban J connectivity index is 1.68. The molecule has 0 aliphatic rings. The van der Waals surface area contributed by atoms with Crippen molar-refractivity contribution >= 4 is 23.6 Å². The van der Waals surface area contributed by atoms with Crippen LogP contribution in [0.5, 0.6) is 0 Å². The standard InChI is InChI=1S/C20H16ClN3O/c21-18-6-2-1-4-15(18)7-8-19(25)24-14-17-5-3-11-23-20(17)16-9-12-22-13-10-16/h1-13H,14H2,(H,24,25)/b8-7+. The van der Waals surface area contributed by atoms with E-state index in [-0.39, 0.29) is 5.91 Å². The van der Waals surface area contributed by atoms with E-state index in [1.165, 1.54) is 6.08 Å². The van der Waals surface area contributed by atoms with E-state index in [0.29, 0.717) is 11.6 Å². The molecule has 3 rings (SSSR count). The molecule has 0 fully saturated rings. The Morgan fingerprint density at radius 2 is 1.84 bits per heavy atom. The van der Waals surface area contributed by atoms with Crippen LogP contribution in [0.25, 0.3) is 17.3 Å². The first kappa shape index (κ1) is 16.9. The fourth-order valence-electron chi connectivity index (χ4n) is 2.37. The Bertz CT molecular complexity index is 894. The summed E-state index contributed by atoms with van der Waals surface area (Å²) in [6.45, 7) is 0.386. The van der Waals surface area contributed by atoms with E-state index in [9.17, 15) is 4.79 Å². The molecule has 1 N–H and O–H groups in total. The number of carbonyl (C=O) groups is 1. The monoisotopic (exact) mass is 349 g/mol.